The molecule has 1 aliphatic rings. The highest BCUT2D eigenvalue weighted by atomic mass is 79.9. The van der Waals surface area contributed by atoms with Gasteiger partial charge in [-0.05, 0) is 43.5 Å². The maximum Gasteiger partial charge on any atom is 0.254 e. The van der Waals surface area contributed by atoms with E-state index in [1.54, 1.807) is 17.9 Å². The van der Waals surface area contributed by atoms with E-state index in [1.165, 1.54) is 6.07 Å². The number of hydrogen-bond acceptors (Lipinski definition) is 4. The van der Waals surface area contributed by atoms with Crippen molar-refractivity contribution in [1.29, 1.82) is 0 Å². The third-order valence-electron chi connectivity index (χ3n) is 3.77. The van der Waals surface area contributed by atoms with Crippen molar-refractivity contribution in [3.8, 4) is 0 Å². The van der Waals surface area contributed by atoms with Gasteiger partial charge >= 0.3 is 0 Å². The van der Waals surface area contributed by atoms with Crippen LogP contribution in [-0.4, -0.2) is 38.9 Å². The van der Waals surface area contributed by atoms with E-state index in [0.29, 0.717) is 41.2 Å². The molecule has 1 aromatic rings. The van der Waals surface area contributed by atoms with Gasteiger partial charge in [0.15, 0.2) is 0 Å². The molecule has 1 atom stereocenters. The number of hydrogen-bond donors (Lipinski definition) is 2. The van der Waals surface area contributed by atoms with Crippen molar-refractivity contribution in [3.63, 3.8) is 0 Å². The zero-order valence-electron chi connectivity index (χ0n) is 11.7. The Bertz CT molecular complexity index is 675. The molecule has 6 nitrogen and oxygen atoms in total. The Kier molecular flexibility index (Phi) is 4.72. The van der Waals surface area contributed by atoms with Crippen LogP contribution in [0.4, 0.5) is 0 Å². The summed E-state index contributed by atoms with van der Waals surface area (Å²) < 4.78 is 23.7. The Morgan fingerprint density at radius 3 is 2.67 bits per heavy atom. The van der Waals surface area contributed by atoms with Crippen LogP contribution >= 0.6 is 15.9 Å². The van der Waals surface area contributed by atoms with Gasteiger partial charge in [0.05, 0.1) is 4.90 Å². The van der Waals surface area contributed by atoms with Crippen molar-refractivity contribution >= 4 is 31.9 Å². The van der Waals surface area contributed by atoms with Crippen molar-refractivity contribution < 1.29 is 13.2 Å². The molecule has 0 aromatic heterocycles. The minimum atomic E-state index is -3.87. The summed E-state index contributed by atoms with van der Waals surface area (Å²) in [5, 5.41) is 5.20. The number of carbonyl (C=O) groups is 1. The van der Waals surface area contributed by atoms with Crippen LogP contribution in [0.5, 0.6) is 0 Å². The lowest BCUT2D eigenvalue weighted by atomic mass is 10.1. The number of rotatable bonds is 3. The normalized spacial score (nSPS) is 19.0. The number of primary sulfonamides is 1. The van der Waals surface area contributed by atoms with Gasteiger partial charge in [-0.3, -0.25) is 4.79 Å². The standard InChI is InChI=1S/C13H18BrN3O3S/c1-8-11(4-10(14)5-12(8)21(16,19)20)13(18)17-3-2-9(6-15)7-17/h4-5,9H,2-3,6-7,15H2,1H3,(H2,16,19,20). The van der Waals surface area contributed by atoms with Gasteiger partial charge in [0, 0.05) is 23.1 Å². The molecule has 0 aliphatic carbocycles. The van der Waals surface area contributed by atoms with Crippen LogP contribution in [0.25, 0.3) is 0 Å². The average Bonchev–Trinajstić information content (AvgIpc) is 2.87. The largest absolute Gasteiger partial charge is 0.338 e. The maximum absolute atomic E-state index is 12.6. The predicted molar refractivity (Wildman–Crippen MR) is 83.3 cm³/mol. The molecule has 1 heterocycles. The van der Waals surface area contributed by atoms with Crippen LogP contribution in [0.15, 0.2) is 21.5 Å². The van der Waals surface area contributed by atoms with Crippen LogP contribution in [0, 0.1) is 12.8 Å². The van der Waals surface area contributed by atoms with Crippen LogP contribution in [0.2, 0.25) is 0 Å². The number of halogens is 1. The number of carbonyl (C=O) groups excluding carboxylic acids is 1. The summed E-state index contributed by atoms with van der Waals surface area (Å²) in [6.07, 6.45) is 0.872. The first-order valence-electron chi connectivity index (χ1n) is 6.56. The second-order valence-electron chi connectivity index (χ2n) is 5.26. The lowest BCUT2D eigenvalue weighted by Gasteiger charge is -2.19. The Balaban J connectivity index is 2.41. The van der Waals surface area contributed by atoms with Crippen LogP contribution in [-0.2, 0) is 10.0 Å². The molecule has 0 saturated carbocycles. The molecular formula is C13H18BrN3O3S. The zero-order chi connectivity index (χ0) is 15.8. The third kappa shape index (κ3) is 3.45. The summed E-state index contributed by atoms with van der Waals surface area (Å²) in [6.45, 7) is 3.38. The first kappa shape index (κ1) is 16.4. The molecule has 1 saturated heterocycles. The van der Waals surface area contributed by atoms with E-state index in [0.717, 1.165) is 6.42 Å². The third-order valence-corrected chi connectivity index (χ3v) is 5.26. The fraction of sp³-hybridized carbons (Fsp3) is 0.462. The van der Waals surface area contributed by atoms with Crippen LogP contribution in [0.3, 0.4) is 0 Å². The molecule has 2 rings (SSSR count). The van der Waals surface area contributed by atoms with Gasteiger partial charge in [-0.15, -0.1) is 0 Å². The summed E-state index contributed by atoms with van der Waals surface area (Å²) in [4.78, 5) is 14.3. The van der Waals surface area contributed by atoms with Gasteiger partial charge in [0.1, 0.15) is 0 Å². The Morgan fingerprint density at radius 2 is 2.14 bits per heavy atom. The van der Waals surface area contributed by atoms with Crippen LogP contribution in [0.1, 0.15) is 22.3 Å². The summed E-state index contributed by atoms with van der Waals surface area (Å²) >= 11 is 3.23. The highest BCUT2D eigenvalue weighted by Gasteiger charge is 2.28. The lowest BCUT2D eigenvalue weighted by molar-refractivity contribution is 0.0786. The van der Waals surface area contributed by atoms with Gasteiger partial charge in [-0.1, -0.05) is 15.9 Å². The second-order valence-corrected chi connectivity index (χ2v) is 7.71. The number of benzene rings is 1. The molecule has 1 amide bonds. The van der Waals surface area contributed by atoms with Gasteiger partial charge in [-0.2, -0.15) is 0 Å². The SMILES string of the molecule is Cc1c(C(=O)N2CCC(CN)C2)cc(Br)cc1S(N)(=O)=O. The topological polar surface area (TPSA) is 106 Å². The highest BCUT2D eigenvalue weighted by Crippen LogP contribution is 2.26. The molecule has 1 fully saturated rings. The quantitative estimate of drug-likeness (QED) is 0.815. The van der Waals surface area contributed by atoms with E-state index in [4.69, 9.17) is 10.9 Å². The number of nitrogens with zero attached hydrogens (tertiary/aromatic N) is 1. The minimum Gasteiger partial charge on any atom is -0.338 e. The van der Waals surface area contributed by atoms with E-state index in [2.05, 4.69) is 15.9 Å². The molecule has 0 bridgehead atoms. The fourth-order valence-electron chi connectivity index (χ4n) is 2.55. The van der Waals surface area contributed by atoms with Crippen molar-refractivity contribution in [2.75, 3.05) is 19.6 Å². The molecule has 8 heteroatoms. The number of nitrogens with two attached hydrogens (primary N) is 2. The molecule has 4 N–H and O–H groups in total. The van der Waals surface area contributed by atoms with Gasteiger partial charge in [-0.25, -0.2) is 13.6 Å². The van der Waals surface area contributed by atoms with Crippen molar-refractivity contribution in [2.45, 2.75) is 18.2 Å². The van der Waals surface area contributed by atoms with Crippen molar-refractivity contribution in [2.24, 2.45) is 16.8 Å². The summed E-state index contributed by atoms with van der Waals surface area (Å²) in [5.41, 5.74) is 6.36. The number of amides is 1. The molecular weight excluding hydrogens is 358 g/mol. The van der Waals surface area contributed by atoms with E-state index in [9.17, 15) is 13.2 Å². The lowest BCUT2D eigenvalue weighted by Crippen LogP contribution is -2.31. The maximum atomic E-state index is 12.6. The first-order chi connectivity index (χ1) is 9.74. The molecule has 1 aliphatic heterocycles. The Labute approximate surface area is 132 Å². The summed E-state index contributed by atoms with van der Waals surface area (Å²) in [6, 6.07) is 3.04. The van der Waals surface area contributed by atoms with E-state index < -0.39 is 10.0 Å². The molecule has 21 heavy (non-hydrogen) atoms. The van der Waals surface area contributed by atoms with Crippen molar-refractivity contribution in [3.05, 3.63) is 27.7 Å². The highest BCUT2D eigenvalue weighted by molar-refractivity contribution is 9.10. The second kappa shape index (κ2) is 6.04. The monoisotopic (exact) mass is 375 g/mol. The first-order valence-corrected chi connectivity index (χ1v) is 8.90. The minimum absolute atomic E-state index is 0.0326. The molecule has 0 radical (unpaired) electrons. The summed E-state index contributed by atoms with van der Waals surface area (Å²) in [5.74, 6) is 0.119. The number of likely N-dealkylation sites (tertiary alicyclic amines) is 1. The Hall–Kier alpha value is -0.960. The molecule has 1 unspecified atom stereocenters. The average molecular weight is 376 g/mol. The van der Waals surface area contributed by atoms with Crippen molar-refractivity contribution in [1.82, 2.24) is 4.90 Å². The van der Waals surface area contributed by atoms with E-state index >= 15 is 0 Å². The predicted octanol–water partition coefficient (Wildman–Crippen LogP) is 0.826. The molecule has 1 aromatic carbocycles. The van der Waals surface area contributed by atoms with Gasteiger partial charge in [0.2, 0.25) is 10.0 Å². The van der Waals surface area contributed by atoms with Gasteiger partial charge in [0.25, 0.3) is 5.91 Å². The molecule has 116 valence electrons. The smallest absolute Gasteiger partial charge is 0.254 e. The zero-order valence-corrected chi connectivity index (χ0v) is 14.1. The van der Waals surface area contributed by atoms with E-state index in [-0.39, 0.29) is 10.8 Å². The Morgan fingerprint density at radius 1 is 1.48 bits per heavy atom. The van der Waals surface area contributed by atoms with Gasteiger partial charge < -0.3 is 10.6 Å². The summed E-state index contributed by atoms with van der Waals surface area (Å²) in [7, 11) is -3.87. The fourth-order valence-corrected chi connectivity index (χ4v) is 3.99. The van der Waals surface area contributed by atoms with E-state index in [1.807, 2.05) is 0 Å². The van der Waals surface area contributed by atoms with Crippen LogP contribution < -0.4 is 10.9 Å². The molecule has 0 spiro atoms. The number of sulfonamides is 1.